The molecule has 1 amide bonds. The molecular formula is C17H27N3O5S. The molecular weight excluding hydrogens is 358 g/mol. The maximum absolute atomic E-state index is 12.3. The molecule has 8 nitrogen and oxygen atoms in total. The lowest BCUT2D eigenvalue weighted by molar-refractivity contribution is -0.121. The monoisotopic (exact) mass is 385 g/mol. The van der Waals surface area contributed by atoms with E-state index in [1.807, 2.05) is 12.1 Å². The van der Waals surface area contributed by atoms with Gasteiger partial charge in [-0.05, 0) is 38.1 Å². The number of carbonyl (C=O) groups excluding carboxylic acids is 1. The maximum atomic E-state index is 12.3. The molecule has 2 saturated heterocycles. The van der Waals surface area contributed by atoms with Crippen LogP contribution in [-0.2, 0) is 19.6 Å². The van der Waals surface area contributed by atoms with Crippen LogP contribution in [0.4, 0.5) is 0 Å². The molecule has 0 saturated carbocycles. The number of nitrogens with one attached hydrogen (secondary N) is 1. The van der Waals surface area contributed by atoms with Crippen LogP contribution < -0.4 is 5.32 Å². The molecule has 1 unspecified atom stereocenters. The highest BCUT2D eigenvalue weighted by molar-refractivity contribution is 7.89. The Morgan fingerprint density at radius 1 is 1.19 bits per heavy atom. The van der Waals surface area contributed by atoms with Crippen LogP contribution in [0, 0.1) is 0 Å². The Balaban J connectivity index is 1.49. The number of hydrogen-bond acceptors (Lipinski definition) is 6. The van der Waals surface area contributed by atoms with Gasteiger partial charge in [0.05, 0.1) is 31.3 Å². The van der Waals surface area contributed by atoms with Crippen LogP contribution in [0.2, 0.25) is 0 Å². The molecule has 1 aromatic rings. The number of ether oxygens (including phenoxy) is 1. The molecule has 2 fully saturated rings. The number of nitrogens with zero attached hydrogens (tertiary/aromatic N) is 2. The van der Waals surface area contributed by atoms with E-state index in [-0.39, 0.29) is 24.1 Å². The van der Waals surface area contributed by atoms with E-state index in [2.05, 4.69) is 10.2 Å². The summed E-state index contributed by atoms with van der Waals surface area (Å²) in [5.74, 6) is 0.402. The first-order valence-electron chi connectivity index (χ1n) is 9.16. The summed E-state index contributed by atoms with van der Waals surface area (Å²) in [6, 6.07) is 3.75. The summed E-state index contributed by atoms with van der Waals surface area (Å²) in [5.41, 5.74) is 0. The van der Waals surface area contributed by atoms with Crippen LogP contribution in [-0.4, -0.2) is 75.2 Å². The highest BCUT2D eigenvalue weighted by Gasteiger charge is 2.27. The van der Waals surface area contributed by atoms with Crippen molar-refractivity contribution in [1.29, 1.82) is 0 Å². The van der Waals surface area contributed by atoms with Crippen molar-refractivity contribution in [3.05, 3.63) is 24.2 Å². The van der Waals surface area contributed by atoms with Crippen LogP contribution in [0.25, 0.3) is 0 Å². The first kappa shape index (κ1) is 19.3. The summed E-state index contributed by atoms with van der Waals surface area (Å²) in [7, 11) is -3.41. The van der Waals surface area contributed by atoms with E-state index >= 15 is 0 Å². The summed E-state index contributed by atoms with van der Waals surface area (Å²) in [4.78, 5) is 14.5. The highest BCUT2D eigenvalue weighted by Crippen LogP contribution is 2.24. The van der Waals surface area contributed by atoms with Crippen molar-refractivity contribution in [3.63, 3.8) is 0 Å². The fourth-order valence-electron chi connectivity index (χ4n) is 3.42. The normalized spacial score (nSPS) is 20.9. The number of amides is 1. The van der Waals surface area contributed by atoms with Gasteiger partial charge >= 0.3 is 0 Å². The number of furan rings is 1. The van der Waals surface area contributed by atoms with Crippen molar-refractivity contribution in [2.45, 2.75) is 25.3 Å². The van der Waals surface area contributed by atoms with Crippen LogP contribution >= 0.6 is 0 Å². The molecule has 3 rings (SSSR count). The number of hydrogen-bond donors (Lipinski definition) is 1. The van der Waals surface area contributed by atoms with Gasteiger partial charge in [0.1, 0.15) is 5.76 Å². The first-order chi connectivity index (χ1) is 12.6. The predicted octanol–water partition coefficient (Wildman–Crippen LogP) is 0.585. The van der Waals surface area contributed by atoms with Crippen LogP contribution in [0.5, 0.6) is 0 Å². The Hall–Kier alpha value is -1.42. The topological polar surface area (TPSA) is 92.1 Å². The molecule has 0 aromatic carbocycles. The molecule has 146 valence electrons. The Labute approximate surface area is 154 Å². The minimum absolute atomic E-state index is 0.00713. The van der Waals surface area contributed by atoms with Gasteiger partial charge in [0.2, 0.25) is 15.9 Å². The molecule has 0 bridgehead atoms. The average Bonchev–Trinajstić information content (AvgIpc) is 3.36. The van der Waals surface area contributed by atoms with Crippen LogP contribution in [0.1, 0.15) is 31.1 Å². The van der Waals surface area contributed by atoms with Crippen molar-refractivity contribution in [3.8, 4) is 0 Å². The molecule has 0 radical (unpaired) electrons. The molecule has 1 N–H and O–H groups in total. The largest absolute Gasteiger partial charge is 0.468 e. The van der Waals surface area contributed by atoms with Crippen molar-refractivity contribution >= 4 is 15.9 Å². The lowest BCUT2D eigenvalue weighted by Gasteiger charge is -2.27. The third kappa shape index (κ3) is 5.06. The molecule has 0 aliphatic carbocycles. The Morgan fingerprint density at radius 2 is 1.92 bits per heavy atom. The minimum Gasteiger partial charge on any atom is -0.468 e. The summed E-state index contributed by atoms with van der Waals surface area (Å²) >= 11 is 0. The van der Waals surface area contributed by atoms with E-state index in [0.29, 0.717) is 32.8 Å². The van der Waals surface area contributed by atoms with E-state index in [4.69, 9.17) is 9.15 Å². The third-order valence-electron chi connectivity index (χ3n) is 4.90. The second kappa shape index (κ2) is 8.98. The molecule has 26 heavy (non-hydrogen) atoms. The minimum atomic E-state index is -3.41. The SMILES string of the molecule is O=C(CCS(=O)(=O)N1CCOCC1)NCC(c1ccco1)N1CCCC1. The fourth-order valence-corrected chi connectivity index (χ4v) is 4.83. The first-order valence-corrected chi connectivity index (χ1v) is 10.8. The summed E-state index contributed by atoms with van der Waals surface area (Å²) < 4.78 is 36.7. The quantitative estimate of drug-likeness (QED) is 0.704. The van der Waals surface area contributed by atoms with E-state index in [9.17, 15) is 13.2 Å². The lowest BCUT2D eigenvalue weighted by atomic mass is 10.2. The van der Waals surface area contributed by atoms with Gasteiger partial charge in [-0.2, -0.15) is 4.31 Å². The molecule has 3 heterocycles. The molecule has 2 aliphatic rings. The Kier molecular flexibility index (Phi) is 6.68. The van der Waals surface area contributed by atoms with Gasteiger partial charge < -0.3 is 14.5 Å². The van der Waals surface area contributed by atoms with Crippen molar-refractivity contribution in [1.82, 2.24) is 14.5 Å². The number of carbonyl (C=O) groups is 1. The molecule has 1 atom stereocenters. The van der Waals surface area contributed by atoms with Gasteiger partial charge in [-0.25, -0.2) is 8.42 Å². The second-order valence-corrected chi connectivity index (χ2v) is 8.74. The van der Waals surface area contributed by atoms with E-state index < -0.39 is 10.0 Å². The number of rotatable bonds is 8. The Bertz CT molecular complexity index is 665. The number of likely N-dealkylation sites (tertiary alicyclic amines) is 1. The molecule has 0 spiro atoms. The van der Waals surface area contributed by atoms with Crippen molar-refractivity contribution < 1.29 is 22.4 Å². The van der Waals surface area contributed by atoms with Gasteiger partial charge in [0, 0.05) is 26.1 Å². The highest BCUT2D eigenvalue weighted by atomic mass is 32.2. The Morgan fingerprint density at radius 3 is 2.58 bits per heavy atom. The predicted molar refractivity (Wildman–Crippen MR) is 96.1 cm³/mol. The second-order valence-electron chi connectivity index (χ2n) is 6.66. The van der Waals surface area contributed by atoms with E-state index in [0.717, 1.165) is 31.7 Å². The van der Waals surface area contributed by atoms with E-state index in [1.54, 1.807) is 6.26 Å². The van der Waals surface area contributed by atoms with Crippen LogP contribution in [0.3, 0.4) is 0 Å². The lowest BCUT2D eigenvalue weighted by Crippen LogP contribution is -2.43. The number of sulfonamides is 1. The van der Waals surface area contributed by atoms with Gasteiger partial charge in [-0.1, -0.05) is 0 Å². The standard InChI is InChI=1S/C17H27N3O5S/c21-17(5-13-26(22,23)20-8-11-24-12-9-20)18-14-15(16-4-3-10-25-16)19-6-1-2-7-19/h3-4,10,15H,1-2,5-9,11-14H2,(H,18,21). The van der Waals surface area contributed by atoms with E-state index in [1.165, 1.54) is 4.31 Å². The summed E-state index contributed by atoms with van der Waals surface area (Å²) in [6.45, 7) is 3.92. The third-order valence-corrected chi connectivity index (χ3v) is 6.77. The molecule has 1 aromatic heterocycles. The van der Waals surface area contributed by atoms with Crippen LogP contribution in [0.15, 0.2) is 22.8 Å². The average molecular weight is 385 g/mol. The zero-order valence-electron chi connectivity index (χ0n) is 14.9. The molecule has 2 aliphatic heterocycles. The van der Waals surface area contributed by atoms with Crippen molar-refractivity contribution in [2.75, 3.05) is 51.7 Å². The van der Waals surface area contributed by atoms with Gasteiger partial charge in [-0.15, -0.1) is 0 Å². The zero-order valence-corrected chi connectivity index (χ0v) is 15.7. The van der Waals surface area contributed by atoms with Gasteiger partial charge in [0.25, 0.3) is 0 Å². The van der Waals surface area contributed by atoms with Crippen molar-refractivity contribution in [2.24, 2.45) is 0 Å². The summed E-state index contributed by atoms with van der Waals surface area (Å²) in [5, 5.41) is 2.88. The van der Waals surface area contributed by atoms with Gasteiger partial charge in [0.15, 0.2) is 0 Å². The zero-order chi connectivity index (χ0) is 18.4. The van der Waals surface area contributed by atoms with Gasteiger partial charge in [-0.3, -0.25) is 9.69 Å². The summed E-state index contributed by atoms with van der Waals surface area (Å²) in [6.07, 6.45) is 3.88. The fraction of sp³-hybridized carbons (Fsp3) is 0.706. The smallest absolute Gasteiger partial charge is 0.221 e. The molecule has 9 heteroatoms. The number of morpholine rings is 1. The maximum Gasteiger partial charge on any atom is 0.221 e.